The molecular weight excluding hydrogens is 367 g/mol. The average molecular weight is 391 g/mol. The van der Waals surface area contributed by atoms with Crippen molar-refractivity contribution in [2.45, 2.75) is 39.0 Å². The van der Waals surface area contributed by atoms with E-state index in [1.165, 1.54) is 42.0 Å². The smallest absolute Gasteiger partial charge is 0.140 e. The first-order valence-electron chi connectivity index (χ1n) is 9.78. The van der Waals surface area contributed by atoms with E-state index in [-0.39, 0.29) is 0 Å². The van der Waals surface area contributed by atoms with E-state index in [0.29, 0.717) is 10.6 Å². The molecule has 0 nitrogen and oxygen atoms in total. The first kappa shape index (κ1) is 20.2. The molecule has 0 fully saturated rings. The van der Waals surface area contributed by atoms with Crippen LogP contribution in [0.3, 0.4) is 0 Å². The van der Waals surface area contributed by atoms with Crippen LogP contribution < -0.4 is 0 Å². The molecule has 0 saturated heterocycles. The molecule has 0 radical (unpaired) electrons. The summed E-state index contributed by atoms with van der Waals surface area (Å²) in [6.07, 6.45) is 5.66. The normalized spacial score (nSPS) is 10.4. The van der Waals surface area contributed by atoms with E-state index in [4.69, 9.17) is 11.6 Å². The molecule has 3 aromatic rings. The summed E-state index contributed by atoms with van der Waals surface area (Å²) in [5.41, 5.74) is 5.29. The van der Waals surface area contributed by atoms with Gasteiger partial charge in [-0.2, -0.15) is 0 Å². The molecule has 0 bridgehead atoms. The van der Waals surface area contributed by atoms with Gasteiger partial charge in [0.05, 0.1) is 5.56 Å². The van der Waals surface area contributed by atoms with Crippen molar-refractivity contribution in [1.29, 1.82) is 0 Å². The molecule has 2 heteroatoms. The number of rotatable bonds is 6. The topological polar surface area (TPSA) is 0 Å². The molecule has 0 saturated carbocycles. The van der Waals surface area contributed by atoms with Gasteiger partial charge < -0.3 is 0 Å². The predicted octanol–water partition coefficient (Wildman–Crippen LogP) is 7.01. The van der Waals surface area contributed by atoms with Crippen LogP contribution in [0.4, 0.5) is 4.39 Å². The molecule has 0 aliphatic rings. The largest absolute Gasteiger partial charge is 0.206 e. The Morgan fingerprint density at radius 2 is 1.32 bits per heavy atom. The lowest BCUT2D eigenvalue weighted by molar-refractivity contribution is 0.624. The zero-order chi connectivity index (χ0) is 19.8. The maximum Gasteiger partial charge on any atom is 0.140 e. The van der Waals surface area contributed by atoms with Crippen LogP contribution in [0.25, 0.3) is 0 Å². The van der Waals surface area contributed by atoms with Gasteiger partial charge in [0.2, 0.25) is 0 Å². The van der Waals surface area contributed by atoms with Crippen molar-refractivity contribution >= 4 is 11.6 Å². The molecule has 0 aliphatic carbocycles. The fourth-order valence-corrected chi connectivity index (χ4v) is 3.19. The van der Waals surface area contributed by atoms with Gasteiger partial charge >= 0.3 is 0 Å². The van der Waals surface area contributed by atoms with Crippen LogP contribution in [-0.2, 0) is 19.3 Å². The number of hydrogen-bond acceptors (Lipinski definition) is 0. The second-order valence-electron chi connectivity index (χ2n) is 6.99. The average Bonchev–Trinajstić information content (AvgIpc) is 2.71. The van der Waals surface area contributed by atoms with E-state index in [1.807, 2.05) is 12.1 Å². The summed E-state index contributed by atoms with van der Waals surface area (Å²) in [6.45, 7) is 2.22. The molecule has 0 spiro atoms. The maximum absolute atomic E-state index is 13.8. The van der Waals surface area contributed by atoms with Crippen molar-refractivity contribution < 1.29 is 4.39 Å². The molecular formula is C26H24ClF. The van der Waals surface area contributed by atoms with Gasteiger partial charge in [0.1, 0.15) is 5.82 Å². The van der Waals surface area contributed by atoms with E-state index in [1.54, 1.807) is 12.1 Å². The number of halogens is 2. The van der Waals surface area contributed by atoms with Crippen LogP contribution in [0.1, 0.15) is 47.6 Å². The zero-order valence-electron chi connectivity index (χ0n) is 16.1. The second-order valence-corrected chi connectivity index (χ2v) is 7.43. The van der Waals surface area contributed by atoms with Crippen LogP contribution in [0, 0.1) is 17.7 Å². The highest BCUT2D eigenvalue weighted by Crippen LogP contribution is 2.14. The van der Waals surface area contributed by atoms with Crippen molar-refractivity contribution in [2.75, 3.05) is 0 Å². The molecule has 0 heterocycles. The minimum absolute atomic E-state index is 0.357. The lowest BCUT2D eigenvalue weighted by atomic mass is 10.0. The highest BCUT2D eigenvalue weighted by molar-refractivity contribution is 6.30. The van der Waals surface area contributed by atoms with Crippen molar-refractivity contribution in [2.24, 2.45) is 0 Å². The predicted molar refractivity (Wildman–Crippen MR) is 116 cm³/mol. The quantitative estimate of drug-likeness (QED) is 0.397. The molecule has 0 atom stereocenters. The third-order valence-corrected chi connectivity index (χ3v) is 5.01. The van der Waals surface area contributed by atoms with Gasteiger partial charge in [0, 0.05) is 10.6 Å². The molecule has 0 unspecified atom stereocenters. The molecule has 0 amide bonds. The van der Waals surface area contributed by atoms with Crippen LogP contribution in [0.2, 0.25) is 5.02 Å². The lowest BCUT2D eigenvalue weighted by Crippen LogP contribution is -1.92. The second kappa shape index (κ2) is 10.1. The Kier molecular flexibility index (Phi) is 7.29. The summed E-state index contributed by atoms with van der Waals surface area (Å²) in [7, 11) is 0. The van der Waals surface area contributed by atoms with Crippen LogP contribution >= 0.6 is 11.6 Å². The minimum Gasteiger partial charge on any atom is -0.206 e. The summed E-state index contributed by atoms with van der Waals surface area (Å²) in [5, 5.41) is 0.378. The summed E-state index contributed by atoms with van der Waals surface area (Å²) < 4.78 is 13.8. The highest BCUT2D eigenvalue weighted by Gasteiger charge is 2.00. The first-order valence-corrected chi connectivity index (χ1v) is 10.2. The third kappa shape index (κ3) is 5.98. The van der Waals surface area contributed by atoms with Gasteiger partial charge in [-0.1, -0.05) is 73.2 Å². The first-order chi connectivity index (χ1) is 13.6. The molecule has 0 N–H and O–H groups in total. The summed E-state index contributed by atoms with van der Waals surface area (Å²) >= 11 is 5.77. The Morgan fingerprint density at radius 3 is 1.89 bits per heavy atom. The molecule has 3 rings (SSSR count). The minimum atomic E-state index is -0.391. The van der Waals surface area contributed by atoms with E-state index < -0.39 is 5.82 Å². The van der Waals surface area contributed by atoms with Crippen molar-refractivity contribution in [1.82, 2.24) is 0 Å². The summed E-state index contributed by atoms with van der Waals surface area (Å²) in [5.74, 6) is 5.49. The van der Waals surface area contributed by atoms with Gasteiger partial charge in [0.25, 0.3) is 0 Å². The van der Waals surface area contributed by atoms with Gasteiger partial charge in [-0.15, -0.1) is 0 Å². The highest BCUT2D eigenvalue weighted by atomic mass is 35.5. The Morgan fingerprint density at radius 1 is 0.750 bits per heavy atom. The van der Waals surface area contributed by atoms with Crippen molar-refractivity contribution in [3.05, 3.63) is 105 Å². The number of hydrogen-bond donors (Lipinski definition) is 0. The third-order valence-electron chi connectivity index (χ3n) is 4.77. The van der Waals surface area contributed by atoms with Crippen LogP contribution in [0.5, 0.6) is 0 Å². The Bertz CT molecular complexity index is 960. The van der Waals surface area contributed by atoms with Gasteiger partial charge in [0.15, 0.2) is 0 Å². The molecule has 0 aliphatic heterocycles. The molecule has 28 heavy (non-hydrogen) atoms. The SMILES string of the molecule is CCCCc1ccc(CCc2ccc(C#Cc3ccc(Cl)cc3F)cc2)cc1. The van der Waals surface area contributed by atoms with Crippen LogP contribution in [0.15, 0.2) is 66.7 Å². The standard InChI is InChI=1S/C26H24ClF/c1-2-3-4-20-5-7-21(8-6-20)9-10-22-11-13-23(14-12-22)15-16-24-17-18-25(27)19-26(24)28/h5-8,11-14,17-19H,2-4,9-10H2,1H3. The number of aryl methyl sites for hydroxylation is 3. The van der Waals surface area contributed by atoms with Gasteiger partial charge in [-0.25, -0.2) is 4.39 Å². The monoisotopic (exact) mass is 390 g/mol. The number of benzene rings is 3. The van der Waals surface area contributed by atoms with Crippen LogP contribution in [-0.4, -0.2) is 0 Å². The van der Waals surface area contributed by atoms with Gasteiger partial charge in [-0.05, 0) is 72.7 Å². The molecule has 142 valence electrons. The fraction of sp³-hybridized carbons (Fsp3) is 0.231. The molecule has 0 aromatic heterocycles. The maximum atomic E-state index is 13.8. The zero-order valence-corrected chi connectivity index (χ0v) is 16.9. The summed E-state index contributed by atoms with van der Waals surface area (Å²) in [4.78, 5) is 0. The Hall–Kier alpha value is -2.56. The van der Waals surface area contributed by atoms with E-state index in [0.717, 1.165) is 18.4 Å². The number of unbranched alkanes of at least 4 members (excludes halogenated alkanes) is 1. The van der Waals surface area contributed by atoms with Crippen molar-refractivity contribution in [3.8, 4) is 11.8 Å². The van der Waals surface area contributed by atoms with E-state index in [9.17, 15) is 4.39 Å². The Labute approximate surface area is 172 Å². The fourth-order valence-electron chi connectivity index (χ4n) is 3.03. The van der Waals surface area contributed by atoms with E-state index >= 15 is 0 Å². The molecule has 3 aromatic carbocycles. The Balaban J connectivity index is 1.57. The van der Waals surface area contributed by atoms with E-state index in [2.05, 4.69) is 55.2 Å². The van der Waals surface area contributed by atoms with Crippen molar-refractivity contribution in [3.63, 3.8) is 0 Å². The lowest BCUT2D eigenvalue weighted by Gasteiger charge is -2.05. The summed E-state index contributed by atoms with van der Waals surface area (Å²) in [6, 6.07) is 21.7. The van der Waals surface area contributed by atoms with Gasteiger partial charge in [-0.3, -0.25) is 0 Å².